The van der Waals surface area contributed by atoms with Gasteiger partial charge in [-0.05, 0) is 18.6 Å². The average molecular weight is 292 g/mol. The first kappa shape index (κ1) is 16.0. The summed E-state index contributed by atoms with van der Waals surface area (Å²) in [5.41, 5.74) is 0. The molecule has 1 N–H and O–H groups in total. The second kappa shape index (κ2) is 6.96. The van der Waals surface area contributed by atoms with Crippen LogP contribution in [-0.4, -0.2) is 22.5 Å². The van der Waals surface area contributed by atoms with Gasteiger partial charge in [-0.1, -0.05) is 43.3 Å². The van der Waals surface area contributed by atoms with E-state index >= 15 is 0 Å². The minimum absolute atomic E-state index is 0.0503. The van der Waals surface area contributed by atoms with Crippen LogP contribution in [0, 0.1) is 5.92 Å². The number of benzene rings is 1. The summed E-state index contributed by atoms with van der Waals surface area (Å²) in [6.07, 6.45) is -6.08. The Morgan fingerprint density at radius 2 is 1.89 bits per heavy atom. The third-order valence-corrected chi connectivity index (χ3v) is 3.50. The highest BCUT2D eigenvalue weighted by molar-refractivity contribution is 8.13. The van der Waals surface area contributed by atoms with Gasteiger partial charge in [-0.25, -0.2) is 0 Å². The molecule has 0 amide bonds. The largest absolute Gasteiger partial charge is 0.402 e. The van der Waals surface area contributed by atoms with E-state index < -0.39 is 23.3 Å². The number of carbonyl (C=O) groups is 1. The van der Waals surface area contributed by atoms with Crippen molar-refractivity contribution in [2.75, 3.05) is 0 Å². The quantitative estimate of drug-likeness (QED) is 0.842. The van der Waals surface area contributed by atoms with E-state index in [2.05, 4.69) is 0 Å². The summed E-state index contributed by atoms with van der Waals surface area (Å²) in [5, 5.41) is 8.47. The van der Waals surface area contributed by atoms with Gasteiger partial charge in [-0.3, -0.25) is 4.79 Å². The van der Waals surface area contributed by atoms with Crippen LogP contribution in [0.4, 0.5) is 13.2 Å². The van der Waals surface area contributed by atoms with Crippen LogP contribution in [0.15, 0.2) is 35.2 Å². The molecule has 0 unspecified atom stereocenters. The van der Waals surface area contributed by atoms with Crippen LogP contribution in [0.5, 0.6) is 0 Å². The van der Waals surface area contributed by atoms with E-state index in [1.165, 1.54) is 0 Å². The predicted molar refractivity (Wildman–Crippen MR) is 67.8 cm³/mol. The number of alkyl halides is 3. The Labute approximate surface area is 114 Å². The Kier molecular flexibility index (Phi) is 5.87. The molecule has 1 aromatic carbocycles. The lowest BCUT2D eigenvalue weighted by molar-refractivity contribution is -0.196. The Bertz CT molecular complexity index is 406. The zero-order valence-corrected chi connectivity index (χ0v) is 11.2. The maximum Gasteiger partial charge on any atom is 0.402 e. The van der Waals surface area contributed by atoms with E-state index in [0.717, 1.165) is 0 Å². The lowest BCUT2D eigenvalue weighted by Crippen LogP contribution is -2.39. The van der Waals surface area contributed by atoms with Crippen molar-refractivity contribution in [1.29, 1.82) is 0 Å². The highest BCUT2D eigenvalue weighted by Gasteiger charge is 2.48. The fourth-order valence-electron chi connectivity index (χ4n) is 1.64. The van der Waals surface area contributed by atoms with Crippen LogP contribution in [0.25, 0.3) is 0 Å². The number of hydrogen-bond acceptors (Lipinski definition) is 3. The summed E-state index contributed by atoms with van der Waals surface area (Å²) < 4.78 is 38.6. The van der Waals surface area contributed by atoms with Crippen molar-refractivity contribution < 1.29 is 23.1 Å². The molecule has 0 heterocycles. The Hall–Kier alpha value is -1.01. The lowest BCUT2D eigenvalue weighted by Gasteiger charge is -2.23. The highest BCUT2D eigenvalue weighted by Crippen LogP contribution is 2.36. The normalized spacial score (nSPS) is 15.0. The number of thioether (sulfide) groups is 1. The van der Waals surface area contributed by atoms with Crippen LogP contribution in [0.1, 0.15) is 19.8 Å². The molecule has 0 saturated carbocycles. The van der Waals surface area contributed by atoms with E-state index in [1.54, 1.807) is 37.3 Å². The van der Waals surface area contributed by atoms with Gasteiger partial charge in [0.1, 0.15) is 5.92 Å². The van der Waals surface area contributed by atoms with Gasteiger partial charge in [-0.2, -0.15) is 13.2 Å². The Balaban J connectivity index is 2.83. The Morgan fingerprint density at radius 1 is 1.32 bits per heavy atom. The molecule has 0 saturated heterocycles. The molecule has 0 aliphatic rings. The van der Waals surface area contributed by atoms with Gasteiger partial charge in [0.15, 0.2) is 0 Å². The summed E-state index contributed by atoms with van der Waals surface area (Å²) in [6.45, 7) is 1.66. The van der Waals surface area contributed by atoms with E-state index in [-0.39, 0.29) is 6.42 Å². The van der Waals surface area contributed by atoms with Gasteiger partial charge in [-0.15, -0.1) is 0 Å². The van der Waals surface area contributed by atoms with Crippen LogP contribution in [0.2, 0.25) is 0 Å². The minimum atomic E-state index is -4.73. The first-order chi connectivity index (χ1) is 8.86. The summed E-state index contributed by atoms with van der Waals surface area (Å²) in [5.74, 6) is -2.34. The molecule has 1 rings (SSSR count). The summed E-state index contributed by atoms with van der Waals surface area (Å²) in [6, 6.07) is 8.10. The van der Waals surface area contributed by atoms with E-state index in [4.69, 9.17) is 0 Å². The molecule has 19 heavy (non-hydrogen) atoms. The number of carbonyl (C=O) groups excluding carboxylic acids is 1. The zero-order chi connectivity index (χ0) is 14.5. The molecule has 0 aliphatic carbocycles. The molecule has 0 aromatic heterocycles. The molecule has 0 radical (unpaired) electrons. The van der Waals surface area contributed by atoms with Crippen molar-refractivity contribution in [2.24, 2.45) is 5.92 Å². The van der Waals surface area contributed by atoms with Crippen LogP contribution in [0.3, 0.4) is 0 Å². The van der Waals surface area contributed by atoms with Gasteiger partial charge < -0.3 is 5.11 Å². The third-order valence-electron chi connectivity index (χ3n) is 2.54. The van der Waals surface area contributed by atoms with Gasteiger partial charge in [0.2, 0.25) is 5.12 Å². The number of aliphatic hydroxyl groups is 1. The molecular formula is C13H15F3O2S. The smallest absolute Gasteiger partial charge is 0.392 e. The standard InChI is InChI=1S/C13H15F3O2S/c1-2-6-10(17)11(13(14,15)16)12(18)19-9-7-4-3-5-8-9/h3-5,7-8,10-11,17H,2,6H2,1H3/t10-,11+/m0/s1. The molecule has 0 bridgehead atoms. The monoisotopic (exact) mass is 292 g/mol. The maximum atomic E-state index is 12.9. The van der Waals surface area contributed by atoms with Crippen LogP contribution < -0.4 is 0 Å². The van der Waals surface area contributed by atoms with Crippen molar-refractivity contribution in [3.8, 4) is 0 Å². The van der Waals surface area contributed by atoms with E-state index in [1.807, 2.05) is 0 Å². The fourth-order valence-corrected chi connectivity index (χ4v) is 2.58. The van der Waals surface area contributed by atoms with Gasteiger partial charge in [0.25, 0.3) is 0 Å². The summed E-state index contributed by atoms with van der Waals surface area (Å²) in [7, 11) is 0. The maximum absolute atomic E-state index is 12.9. The Morgan fingerprint density at radius 3 is 2.37 bits per heavy atom. The minimum Gasteiger partial charge on any atom is -0.392 e. The first-order valence-corrected chi connectivity index (χ1v) is 6.69. The van der Waals surface area contributed by atoms with Gasteiger partial charge in [0, 0.05) is 4.90 Å². The lowest BCUT2D eigenvalue weighted by atomic mass is 9.99. The summed E-state index contributed by atoms with van der Waals surface area (Å²) in [4.78, 5) is 12.2. The second-order valence-corrected chi connectivity index (χ2v) is 5.19. The second-order valence-electron chi connectivity index (χ2n) is 4.11. The SMILES string of the molecule is CCC[C@H](O)[C@H](C(=O)Sc1ccccc1)C(F)(F)F. The number of rotatable bonds is 5. The van der Waals surface area contributed by atoms with E-state index in [9.17, 15) is 23.1 Å². The topological polar surface area (TPSA) is 37.3 Å². The average Bonchev–Trinajstić information content (AvgIpc) is 2.28. The number of halogens is 3. The first-order valence-electron chi connectivity index (χ1n) is 5.87. The van der Waals surface area contributed by atoms with Crippen molar-refractivity contribution in [3.63, 3.8) is 0 Å². The fraction of sp³-hybridized carbons (Fsp3) is 0.462. The van der Waals surface area contributed by atoms with E-state index in [0.29, 0.717) is 23.1 Å². The molecule has 106 valence electrons. The van der Waals surface area contributed by atoms with Crippen molar-refractivity contribution in [3.05, 3.63) is 30.3 Å². The molecule has 0 spiro atoms. The predicted octanol–water partition coefficient (Wildman–Crippen LogP) is 3.64. The molecule has 0 aliphatic heterocycles. The van der Waals surface area contributed by atoms with Crippen molar-refractivity contribution in [1.82, 2.24) is 0 Å². The van der Waals surface area contributed by atoms with Gasteiger partial charge in [0.05, 0.1) is 6.10 Å². The molecule has 2 nitrogen and oxygen atoms in total. The summed E-state index contributed by atoms with van der Waals surface area (Å²) >= 11 is 0.514. The molecule has 1 aromatic rings. The number of aliphatic hydroxyl groups excluding tert-OH is 1. The number of hydrogen-bond donors (Lipinski definition) is 1. The zero-order valence-electron chi connectivity index (χ0n) is 10.4. The molecule has 2 atom stereocenters. The van der Waals surface area contributed by atoms with Gasteiger partial charge >= 0.3 is 6.18 Å². The molecular weight excluding hydrogens is 277 g/mol. The van der Waals surface area contributed by atoms with Crippen molar-refractivity contribution >= 4 is 16.9 Å². The highest BCUT2D eigenvalue weighted by atomic mass is 32.2. The van der Waals surface area contributed by atoms with Crippen LogP contribution >= 0.6 is 11.8 Å². The van der Waals surface area contributed by atoms with Crippen molar-refractivity contribution in [2.45, 2.75) is 36.9 Å². The molecule has 0 fully saturated rings. The molecule has 6 heteroatoms. The third kappa shape index (κ3) is 4.87. The van der Waals surface area contributed by atoms with Crippen LogP contribution in [-0.2, 0) is 4.79 Å².